The number of ether oxygens (including phenoxy) is 1. The Labute approximate surface area is 159 Å². The first-order chi connectivity index (χ1) is 13.2. The van der Waals surface area contributed by atoms with E-state index in [-0.39, 0.29) is 0 Å². The average molecular weight is 372 g/mol. The molecule has 0 aliphatic carbocycles. The maximum Gasteiger partial charge on any atom is 0.148 e. The van der Waals surface area contributed by atoms with Gasteiger partial charge in [0.05, 0.1) is 7.11 Å². The number of fused-ring (bicyclic) bond motifs is 1. The quantitative estimate of drug-likeness (QED) is 0.441. The highest BCUT2D eigenvalue weighted by Crippen LogP contribution is 2.48. The van der Waals surface area contributed by atoms with Crippen molar-refractivity contribution in [3.05, 3.63) is 103 Å². The van der Waals surface area contributed by atoms with Gasteiger partial charge in [0.2, 0.25) is 0 Å². The Morgan fingerprint density at radius 1 is 0.741 bits per heavy atom. The maximum absolute atomic E-state index is 14.5. The van der Waals surface area contributed by atoms with Crippen molar-refractivity contribution in [3.8, 4) is 5.75 Å². The van der Waals surface area contributed by atoms with E-state index in [1.54, 1.807) is 7.11 Å². The van der Waals surface area contributed by atoms with Crippen LogP contribution in [0, 0.1) is 0 Å². The fourth-order valence-corrected chi connectivity index (χ4v) is 6.43. The Kier molecular flexibility index (Phi) is 4.83. The van der Waals surface area contributed by atoms with Crippen LogP contribution in [0.4, 0.5) is 0 Å². The zero-order valence-corrected chi connectivity index (χ0v) is 16.1. The SMILES string of the molecule is COc1ccc(C[P@](=O)(c2ccccc2)c2cccc3ccccc23)cc1. The predicted octanol–water partition coefficient (Wildman–Crippen LogP) is 5.36. The average Bonchev–Trinajstić information content (AvgIpc) is 2.74. The first-order valence-electron chi connectivity index (χ1n) is 8.97. The number of rotatable bonds is 5. The lowest BCUT2D eigenvalue weighted by Gasteiger charge is -2.21. The largest absolute Gasteiger partial charge is 0.497 e. The third kappa shape index (κ3) is 3.41. The molecule has 4 rings (SSSR count). The summed E-state index contributed by atoms with van der Waals surface area (Å²) in [5.74, 6) is 0.804. The molecular weight excluding hydrogens is 351 g/mol. The van der Waals surface area contributed by atoms with E-state index in [0.29, 0.717) is 6.16 Å². The Morgan fingerprint density at radius 2 is 1.41 bits per heavy atom. The van der Waals surface area contributed by atoms with Crippen LogP contribution in [0.1, 0.15) is 5.56 Å². The van der Waals surface area contributed by atoms with Crippen LogP contribution in [0.15, 0.2) is 97.1 Å². The van der Waals surface area contributed by atoms with Crippen LogP contribution < -0.4 is 15.3 Å². The smallest absolute Gasteiger partial charge is 0.148 e. The molecule has 3 heteroatoms. The molecule has 0 N–H and O–H groups in total. The molecule has 2 nitrogen and oxygen atoms in total. The van der Waals surface area contributed by atoms with Crippen LogP contribution in [0.2, 0.25) is 0 Å². The lowest BCUT2D eigenvalue weighted by molar-refractivity contribution is 0.414. The van der Waals surface area contributed by atoms with E-state index in [1.165, 1.54) is 0 Å². The Morgan fingerprint density at radius 3 is 2.15 bits per heavy atom. The van der Waals surface area contributed by atoms with E-state index in [9.17, 15) is 4.57 Å². The van der Waals surface area contributed by atoms with Crippen molar-refractivity contribution in [1.29, 1.82) is 0 Å². The van der Waals surface area contributed by atoms with Crippen molar-refractivity contribution in [1.82, 2.24) is 0 Å². The predicted molar refractivity (Wildman–Crippen MR) is 114 cm³/mol. The Hall–Kier alpha value is -2.83. The fraction of sp³-hybridized carbons (Fsp3) is 0.0833. The molecule has 0 spiro atoms. The van der Waals surface area contributed by atoms with Gasteiger partial charge in [0.25, 0.3) is 0 Å². The number of benzene rings is 4. The first-order valence-corrected chi connectivity index (χ1v) is 10.9. The van der Waals surface area contributed by atoms with E-state index in [2.05, 4.69) is 18.2 Å². The monoisotopic (exact) mass is 372 g/mol. The van der Waals surface area contributed by atoms with Crippen LogP contribution in [-0.2, 0) is 10.7 Å². The van der Waals surface area contributed by atoms with Crippen molar-refractivity contribution >= 4 is 28.5 Å². The molecule has 0 bridgehead atoms. The van der Waals surface area contributed by atoms with Gasteiger partial charge in [-0.25, -0.2) is 0 Å². The van der Waals surface area contributed by atoms with Gasteiger partial charge in [0.1, 0.15) is 12.9 Å². The van der Waals surface area contributed by atoms with Gasteiger partial charge in [-0.3, -0.25) is 0 Å². The second-order valence-electron chi connectivity index (χ2n) is 6.58. The molecule has 0 amide bonds. The van der Waals surface area contributed by atoms with Crippen LogP contribution in [0.5, 0.6) is 5.75 Å². The second kappa shape index (κ2) is 7.42. The van der Waals surface area contributed by atoms with Crippen molar-refractivity contribution in [2.45, 2.75) is 6.16 Å². The number of hydrogen-bond acceptors (Lipinski definition) is 2. The summed E-state index contributed by atoms with van der Waals surface area (Å²) in [5.41, 5.74) is 1.04. The van der Waals surface area contributed by atoms with Crippen LogP contribution in [-0.4, -0.2) is 7.11 Å². The topological polar surface area (TPSA) is 26.3 Å². The van der Waals surface area contributed by atoms with Gasteiger partial charge in [-0.1, -0.05) is 84.9 Å². The van der Waals surface area contributed by atoms with Crippen molar-refractivity contribution in [2.24, 2.45) is 0 Å². The summed E-state index contributed by atoms with van der Waals surface area (Å²) in [5, 5.41) is 3.97. The molecule has 0 fully saturated rings. The molecule has 4 aromatic rings. The summed E-state index contributed by atoms with van der Waals surface area (Å²) in [6.45, 7) is 0. The molecule has 0 heterocycles. The Balaban J connectivity index is 1.89. The van der Waals surface area contributed by atoms with Crippen molar-refractivity contribution < 1.29 is 9.30 Å². The molecule has 0 saturated carbocycles. The van der Waals surface area contributed by atoms with E-state index in [1.807, 2.05) is 78.9 Å². The van der Waals surface area contributed by atoms with Gasteiger partial charge < -0.3 is 9.30 Å². The Bertz CT molecular complexity index is 1100. The molecule has 4 aromatic carbocycles. The zero-order chi connectivity index (χ0) is 18.7. The molecule has 0 aliphatic heterocycles. The van der Waals surface area contributed by atoms with E-state index < -0.39 is 7.14 Å². The second-order valence-corrected chi connectivity index (χ2v) is 9.37. The minimum absolute atomic E-state index is 0.481. The van der Waals surface area contributed by atoms with Gasteiger partial charge in [-0.15, -0.1) is 0 Å². The molecule has 134 valence electrons. The van der Waals surface area contributed by atoms with Crippen molar-refractivity contribution in [2.75, 3.05) is 7.11 Å². The summed E-state index contributed by atoms with van der Waals surface area (Å²) in [4.78, 5) is 0. The van der Waals surface area contributed by atoms with Gasteiger partial charge in [0.15, 0.2) is 0 Å². The third-order valence-electron chi connectivity index (χ3n) is 4.89. The number of methoxy groups -OCH3 is 1. The van der Waals surface area contributed by atoms with Crippen LogP contribution in [0.25, 0.3) is 10.8 Å². The first kappa shape index (κ1) is 17.6. The van der Waals surface area contributed by atoms with Gasteiger partial charge in [0, 0.05) is 16.8 Å². The summed E-state index contributed by atoms with van der Waals surface area (Å²) in [7, 11) is -1.20. The highest BCUT2D eigenvalue weighted by molar-refractivity contribution is 7.78. The van der Waals surface area contributed by atoms with Gasteiger partial charge in [-0.05, 0) is 28.5 Å². The van der Waals surface area contributed by atoms with Crippen LogP contribution in [0.3, 0.4) is 0 Å². The minimum Gasteiger partial charge on any atom is -0.497 e. The summed E-state index contributed by atoms with van der Waals surface area (Å²) in [6, 6.07) is 31.9. The summed E-state index contributed by atoms with van der Waals surface area (Å²) in [6.07, 6.45) is 0.481. The standard InChI is InChI=1S/C24H21O2P/c1-26-21-16-14-19(15-17-21)18-27(25,22-10-3-2-4-11-22)24-13-7-9-20-8-5-6-12-23(20)24/h2-17H,18H2,1H3/t27-/m0/s1. The number of hydrogen-bond donors (Lipinski definition) is 0. The summed E-state index contributed by atoms with van der Waals surface area (Å²) < 4.78 is 19.8. The summed E-state index contributed by atoms with van der Waals surface area (Å²) >= 11 is 0. The fourth-order valence-electron chi connectivity index (χ4n) is 3.50. The molecule has 0 saturated heterocycles. The minimum atomic E-state index is -2.86. The maximum atomic E-state index is 14.5. The van der Waals surface area contributed by atoms with E-state index in [0.717, 1.165) is 32.7 Å². The molecule has 0 aromatic heterocycles. The molecule has 0 aliphatic rings. The van der Waals surface area contributed by atoms with Gasteiger partial charge >= 0.3 is 0 Å². The lowest BCUT2D eigenvalue weighted by atomic mass is 10.1. The normalized spacial score (nSPS) is 13.2. The molecule has 0 radical (unpaired) electrons. The van der Waals surface area contributed by atoms with E-state index >= 15 is 0 Å². The van der Waals surface area contributed by atoms with Crippen LogP contribution >= 0.6 is 7.14 Å². The van der Waals surface area contributed by atoms with Crippen molar-refractivity contribution in [3.63, 3.8) is 0 Å². The molecule has 1 atom stereocenters. The molecule has 27 heavy (non-hydrogen) atoms. The highest BCUT2D eigenvalue weighted by atomic mass is 31.2. The highest BCUT2D eigenvalue weighted by Gasteiger charge is 2.29. The zero-order valence-electron chi connectivity index (χ0n) is 15.2. The third-order valence-corrected chi connectivity index (χ3v) is 8.00. The lowest BCUT2D eigenvalue weighted by Crippen LogP contribution is -2.18. The van der Waals surface area contributed by atoms with Gasteiger partial charge in [-0.2, -0.15) is 0 Å². The van der Waals surface area contributed by atoms with E-state index in [4.69, 9.17) is 4.74 Å². The molecular formula is C24H21O2P. The molecule has 0 unspecified atom stereocenters.